The molecule has 0 radical (unpaired) electrons. The van der Waals surface area contributed by atoms with Gasteiger partial charge in [-0.2, -0.15) is 0 Å². The van der Waals surface area contributed by atoms with Gasteiger partial charge in [0.25, 0.3) is 0 Å². The van der Waals surface area contributed by atoms with Gasteiger partial charge in [0.15, 0.2) is 6.10 Å². The van der Waals surface area contributed by atoms with Gasteiger partial charge in [-0.1, -0.05) is 24.3 Å². The predicted octanol–water partition coefficient (Wildman–Crippen LogP) is 3.97. The van der Waals surface area contributed by atoms with E-state index in [1.165, 1.54) is 0 Å². The highest BCUT2D eigenvalue weighted by molar-refractivity contribution is 5.52. The van der Waals surface area contributed by atoms with Gasteiger partial charge in [0.05, 0.1) is 18.5 Å². The molecule has 1 aromatic heterocycles. The molecule has 0 fully saturated rings. The fraction of sp³-hybridized carbons (Fsp3) is 0.111. The number of ether oxygens (including phenoxy) is 2. The first-order valence-electron chi connectivity index (χ1n) is 6.94. The molecule has 3 heteroatoms. The minimum atomic E-state index is -0.0965. The number of methoxy groups -OCH3 is 1. The monoisotopic (exact) mass is 277 g/mol. The maximum atomic E-state index is 6.21. The molecule has 0 saturated carbocycles. The molecule has 3 aromatic rings. The van der Waals surface area contributed by atoms with E-state index in [4.69, 9.17) is 9.47 Å². The summed E-state index contributed by atoms with van der Waals surface area (Å²) in [5, 5.41) is 0. The van der Waals surface area contributed by atoms with Crippen LogP contribution in [0.1, 0.15) is 17.4 Å². The minimum absolute atomic E-state index is 0.0965. The lowest BCUT2D eigenvalue weighted by atomic mass is 10.0. The fourth-order valence-electron chi connectivity index (χ4n) is 2.79. The van der Waals surface area contributed by atoms with E-state index in [1.807, 2.05) is 30.3 Å². The number of benzene rings is 2. The van der Waals surface area contributed by atoms with Gasteiger partial charge in [0, 0.05) is 6.20 Å². The van der Waals surface area contributed by atoms with E-state index in [0.717, 1.165) is 28.4 Å². The zero-order valence-electron chi connectivity index (χ0n) is 11.7. The zero-order chi connectivity index (χ0) is 14.2. The van der Waals surface area contributed by atoms with Gasteiger partial charge in [-0.05, 0) is 42.0 Å². The standard InChI is InChI=1S/C18H15NO2/c1-20-14-10-8-13(9-11-14)18-16-6-4-12-19(16)15-5-2-3-7-17(15)21-18/h2-12,18H,1H3/t18-/m1/s1. The summed E-state index contributed by atoms with van der Waals surface area (Å²) in [4.78, 5) is 0. The third kappa shape index (κ3) is 1.89. The Balaban J connectivity index is 1.81. The van der Waals surface area contributed by atoms with Gasteiger partial charge in [0.2, 0.25) is 0 Å². The van der Waals surface area contributed by atoms with Crippen LogP contribution < -0.4 is 9.47 Å². The lowest BCUT2D eigenvalue weighted by Crippen LogP contribution is -2.19. The molecule has 0 bridgehead atoms. The van der Waals surface area contributed by atoms with Crippen LogP contribution in [0.2, 0.25) is 0 Å². The quantitative estimate of drug-likeness (QED) is 0.707. The molecule has 1 aliphatic heterocycles. The van der Waals surface area contributed by atoms with E-state index in [-0.39, 0.29) is 6.10 Å². The molecule has 104 valence electrons. The van der Waals surface area contributed by atoms with Crippen LogP contribution in [0.25, 0.3) is 5.69 Å². The molecule has 0 amide bonds. The van der Waals surface area contributed by atoms with E-state index >= 15 is 0 Å². The molecule has 0 aliphatic carbocycles. The summed E-state index contributed by atoms with van der Waals surface area (Å²) in [5.41, 5.74) is 3.34. The third-order valence-corrected chi connectivity index (χ3v) is 3.84. The largest absolute Gasteiger partial charge is 0.497 e. The van der Waals surface area contributed by atoms with Crippen molar-refractivity contribution in [3.63, 3.8) is 0 Å². The lowest BCUT2D eigenvalue weighted by Gasteiger charge is -2.28. The number of nitrogens with zero attached hydrogens (tertiary/aromatic N) is 1. The molecule has 4 rings (SSSR count). The van der Waals surface area contributed by atoms with Crippen molar-refractivity contribution in [1.82, 2.24) is 4.57 Å². The van der Waals surface area contributed by atoms with Crippen molar-refractivity contribution < 1.29 is 9.47 Å². The van der Waals surface area contributed by atoms with E-state index in [1.54, 1.807) is 7.11 Å². The molecule has 0 unspecified atom stereocenters. The highest BCUT2D eigenvalue weighted by Crippen LogP contribution is 2.38. The number of fused-ring (bicyclic) bond motifs is 3. The van der Waals surface area contributed by atoms with Crippen molar-refractivity contribution in [2.24, 2.45) is 0 Å². The number of aromatic nitrogens is 1. The van der Waals surface area contributed by atoms with Crippen LogP contribution in [0.15, 0.2) is 66.9 Å². The Kier molecular flexibility index (Phi) is 2.71. The first-order chi connectivity index (χ1) is 10.4. The van der Waals surface area contributed by atoms with Crippen LogP contribution in [0.3, 0.4) is 0 Å². The number of hydrogen-bond acceptors (Lipinski definition) is 2. The lowest BCUT2D eigenvalue weighted by molar-refractivity contribution is 0.227. The summed E-state index contributed by atoms with van der Waals surface area (Å²) >= 11 is 0. The van der Waals surface area contributed by atoms with Crippen LogP contribution >= 0.6 is 0 Å². The van der Waals surface area contributed by atoms with E-state index in [0.29, 0.717) is 0 Å². The fourth-order valence-corrected chi connectivity index (χ4v) is 2.79. The molecular formula is C18H15NO2. The summed E-state index contributed by atoms with van der Waals surface area (Å²) in [6.45, 7) is 0. The summed E-state index contributed by atoms with van der Waals surface area (Å²) < 4.78 is 13.6. The number of hydrogen-bond donors (Lipinski definition) is 0. The third-order valence-electron chi connectivity index (χ3n) is 3.84. The van der Waals surface area contributed by atoms with Crippen LogP contribution in [-0.2, 0) is 0 Å². The molecule has 1 atom stereocenters. The molecule has 1 aliphatic rings. The summed E-state index contributed by atoms with van der Waals surface area (Å²) in [6, 6.07) is 20.3. The second kappa shape index (κ2) is 4.70. The van der Waals surface area contributed by atoms with Gasteiger partial charge in [-0.3, -0.25) is 0 Å². The Labute approximate surface area is 123 Å². The van der Waals surface area contributed by atoms with Crippen molar-refractivity contribution in [3.8, 4) is 17.2 Å². The van der Waals surface area contributed by atoms with Crippen LogP contribution in [0.5, 0.6) is 11.5 Å². The van der Waals surface area contributed by atoms with Gasteiger partial charge in [0.1, 0.15) is 11.5 Å². The zero-order valence-corrected chi connectivity index (χ0v) is 11.7. The maximum absolute atomic E-state index is 6.21. The summed E-state index contributed by atoms with van der Waals surface area (Å²) in [6.07, 6.45) is 1.98. The van der Waals surface area contributed by atoms with Crippen LogP contribution in [-0.4, -0.2) is 11.7 Å². The second-order valence-electron chi connectivity index (χ2n) is 5.04. The van der Waals surface area contributed by atoms with Crippen molar-refractivity contribution in [2.75, 3.05) is 7.11 Å². The average Bonchev–Trinajstić information content (AvgIpc) is 3.04. The Morgan fingerprint density at radius 3 is 2.57 bits per heavy atom. The SMILES string of the molecule is COc1ccc([C@H]2Oc3ccccc3-n3cccc32)cc1. The first-order valence-corrected chi connectivity index (χ1v) is 6.94. The molecule has 2 heterocycles. The van der Waals surface area contributed by atoms with Crippen LogP contribution in [0, 0.1) is 0 Å². The Hall–Kier alpha value is -2.68. The Morgan fingerprint density at radius 1 is 0.952 bits per heavy atom. The van der Waals surface area contributed by atoms with Gasteiger partial charge < -0.3 is 14.0 Å². The minimum Gasteiger partial charge on any atom is -0.497 e. The molecule has 0 N–H and O–H groups in total. The maximum Gasteiger partial charge on any atom is 0.164 e. The molecular weight excluding hydrogens is 262 g/mol. The van der Waals surface area contributed by atoms with Crippen molar-refractivity contribution in [1.29, 1.82) is 0 Å². The molecule has 2 aromatic carbocycles. The first kappa shape index (κ1) is 12.1. The van der Waals surface area contributed by atoms with Gasteiger partial charge >= 0.3 is 0 Å². The molecule has 3 nitrogen and oxygen atoms in total. The molecule has 0 saturated heterocycles. The smallest absolute Gasteiger partial charge is 0.164 e. The van der Waals surface area contributed by atoms with Gasteiger partial charge in [-0.25, -0.2) is 0 Å². The highest BCUT2D eigenvalue weighted by Gasteiger charge is 2.26. The molecule has 0 spiro atoms. The van der Waals surface area contributed by atoms with Crippen molar-refractivity contribution in [3.05, 3.63) is 78.1 Å². The topological polar surface area (TPSA) is 23.4 Å². The number of para-hydroxylation sites is 2. The highest BCUT2D eigenvalue weighted by atomic mass is 16.5. The predicted molar refractivity (Wildman–Crippen MR) is 81.2 cm³/mol. The van der Waals surface area contributed by atoms with E-state index < -0.39 is 0 Å². The average molecular weight is 277 g/mol. The number of rotatable bonds is 2. The summed E-state index contributed by atoms with van der Waals surface area (Å²) in [7, 11) is 1.67. The second-order valence-corrected chi connectivity index (χ2v) is 5.04. The Bertz CT molecular complexity index is 774. The van der Waals surface area contributed by atoms with Crippen molar-refractivity contribution >= 4 is 0 Å². The normalized spacial score (nSPS) is 15.8. The Morgan fingerprint density at radius 2 is 1.76 bits per heavy atom. The van der Waals surface area contributed by atoms with Gasteiger partial charge in [-0.15, -0.1) is 0 Å². The van der Waals surface area contributed by atoms with E-state index in [2.05, 4.69) is 41.1 Å². The molecule has 21 heavy (non-hydrogen) atoms. The van der Waals surface area contributed by atoms with Crippen LogP contribution in [0.4, 0.5) is 0 Å². The van der Waals surface area contributed by atoms with Crippen molar-refractivity contribution in [2.45, 2.75) is 6.10 Å². The van der Waals surface area contributed by atoms with E-state index in [9.17, 15) is 0 Å². The summed E-state index contributed by atoms with van der Waals surface area (Å²) in [5.74, 6) is 1.76.